The van der Waals surface area contributed by atoms with E-state index in [1.54, 1.807) is 0 Å². The Bertz CT molecular complexity index is 551. The Balaban J connectivity index is 2.47. The lowest BCUT2D eigenvalue weighted by Crippen LogP contribution is -1.96. The lowest BCUT2D eigenvalue weighted by molar-refractivity contribution is 1.12. The van der Waals surface area contributed by atoms with E-state index in [9.17, 15) is 0 Å². The van der Waals surface area contributed by atoms with E-state index in [0.29, 0.717) is 8.67 Å². The van der Waals surface area contributed by atoms with E-state index in [4.69, 9.17) is 34.8 Å². The van der Waals surface area contributed by atoms with Crippen molar-refractivity contribution in [1.29, 1.82) is 0 Å². The van der Waals surface area contributed by atoms with Gasteiger partial charge in [-0.15, -0.1) is 22.9 Å². The molecule has 0 aliphatic heterocycles. The van der Waals surface area contributed by atoms with Crippen molar-refractivity contribution in [1.82, 2.24) is 0 Å². The maximum Gasteiger partial charge on any atom is 0.0994 e. The highest BCUT2D eigenvalue weighted by Crippen LogP contribution is 2.42. The molecule has 0 spiro atoms. The molecule has 1 aromatic carbocycles. The molecule has 2 rings (SSSR count). The summed E-state index contributed by atoms with van der Waals surface area (Å²) >= 11 is 23.4. The summed E-state index contributed by atoms with van der Waals surface area (Å²) < 4.78 is 2.34. The molecular weight excluding hydrogens is 362 g/mol. The van der Waals surface area contributed by atoms with E-state index >= 15 is 0 Å². The van der Waals surface area contributed by atoms with Gasteiger partial charge in [0.05, 0.1) is 14.0 Å². The second kappa shape index (κ2) is 5.50. The Labute approximate surface area is 128 Å². The maximum absolute atomic E-state index is 6.47. The Morgan fingerprint density at radius 1 is 1.24 bits per heavy atom. The largest absolute Gasteiger partial charge is 0.112 e. The van der Waals surface area contributed by atoms with Crippen molar-refractivity contribution >= 4 is 62.1 Å². The highest BCUT2D eigenvalue weighted by Gasteiger charge is 2.19. The highest BCUT2D eigenvalue weighted by atomic mass is 79.9. The van der Waals surface area contributed by atoms with E-state index in [-0.39, 0.29) is 5.38 Å². The zero-order chi connectivity index (χ0) is 12.6. The fraction of sp³-hybridized carbons (Fsp3) is 0.167. The molecule has 2 aromatic rings. The normalized spacial score (nSPS) is 12.8. The highest BCUT2D eigenvalue weighted by molar-refractivity contribution is 9.10. The third-order valence-electron chi connectivity index (χ3n) is 2.54. The van der Waals surface area contributed by atoms with E-state index in [0.717, 1.165) is 21.2 Å². The molecule has 0 radical (unpaired) electrons. The first-order valence-electron chi connectivity index (χ1n) is 4.84. The van der Waals surface area contributed by atoms with Crippen molar-refractivity contribution < 1.29 is 0 Å². The van der Waals surface area contributed by atoms with Crippen molar-refractivity contribution in [2.45, 2.75) is 12.3 Å². The quantitative estimate of drug-likeness (QED) is 0.533. The predicted molar refractivity (Wildman–Crippen MR) is 80.9 cm³/mol. The zero-order valence-electron chi connectivity index (χ0n) is 8.81. The molecule has 1 aromatic heterocycles. The summed E-state index contributed by atoms with van der Waals surface area (Å²) in [5.74, 6) is 0. The van der Waals surface area contributed by atoms with Gasteiger partial charge in [0, 0.05) is 10.0 Å². The van der Waals surface area contributed by atoms with Crippen LogP contribution in [0.5, 0.6) is 0 Å². The number of rotatable bonds is 2. The van der Waals surface area contributed by atoms with Crippen molar-refractivity contribution in [2.75, 3.05) is 0 Å². The molecule has 1 atom stereocenters. The van der Waals surface area contributed by atoms with Crippen molar-refractivity contribution in [3.8, 4) is 0 Å². The monoisotopic (exact) mass is 368 g/mol. The predicted octanol–water partition coefficient (Wildman–Crippen LogP) is 6.45. The summed E-state index contributed by atoms with van der Waals surface area (Å²) in [5, 5.41) is -0.274. The molecule has 0 saturated heterocycles. The molecule has 0 N–H and O–H groups in total. The van der Waals surface area contributed by atoms with Gasteiger partial charge in [-0.3, -0.25) is 0 Å². The average molecular weight is 371 g/mol. The molecule has 0 fully saturated rings. The Hall–Kier alpha value is 0.270. The van der Waals surface area contributed by atoms with Crippen molar-refractivity contribution in [3.63, 3.8) is 0 Å². The zero-order valence-corrected chi connectivity index (χ0v) is 13.5. The molecule has 0 saturated carbocycles. The number of hydrogen-bond acceptors (Lipinski definition) is 1. The average Bonchev–Trinajstić information content (AvgIpc) is 2.61. The van der Waals surface area contributed by atoms with Crippen LogP contribution >= 0.6 is 62.1 Å². The SMILES string of the molecule is Cc1c(Br)cccc1C(Cl)c1cc(Cl)sc1Cl. The minimum absolute atomic E-state index is 0.274. The molecule has 0 nitrogen and oxygen atoms in total. The van der Waals surface area contributed by atoms with Crippen molar-refractivity contribution in [2.24, 2.45) is 0 Å². The summed E-state index contributed by atoms with van der Waals surface area (Å²) in [6.07, 6.45) is 0. The van der Waals surface area contributed by atoms with Crippen molar-refractivity contribution in [3.05, 3.63) is 54.1 Å². The van der Waals surface area contributed by atoms with Crippen LogP contribution in [0.25, 0.3) is 0 Å². The summed E-state index contributed by atoms with van der Waals surface area (Å²) in [7, 11) is 0. The first-order valence-corrected chi connectivity index (χ1v) is 7.64. The lowest BCUT2D eigenvalue weighted by atomic mass is 10.0. The maximum atomic E-state index is 6.47. The summed E-state index contributed by atoms with van der Waals surface area (Å²) in [4.78, 5) is 0. The van der Waals surface area contributed by atoms with E-state index in [2.05, 4.69) is 15.9 Å². The smallest absolute Gasteiger partial charge is 0.0994 e. The van der Waals surface area contributed by atoms with Crippen LogP contribution in [0, 0.1) is 6.92 Å². The summed E-state index contributed by atoms with van der Waals surface area (Å²) in [5.41, 5.74) is 3.02. The van der Waals surface area contributed by atoms with Gasteiger partial charge < -0.3 is 0 Å². The van der Waals surface area contributed by atoms with E-state index in [1.165, 1.54) is 11.3 Å². The standard InChI is InChI=1S/C12H8BrCl3S/c1-6-7(3-2-4-9(6)13)11(15)8-5-10(14)17-12(8)16/h2-5,11H,1H3. The fourth-order valence-electron chi connectivity index (χ4n) is 1.59. The van der Waals surface area contributed by atoms with E-state index in [1.807, 2.05) is 31.2 Å². The third-order valence-corrected chi connectivity index (χ3v) is 5.39. The van der Waals surface area contributed by atoms with Crippen LogP contribution in [0.3, 0.4) is 0 Å². The first-order chi connectivity index (χ1) is 8.00. The second-order valence-electron chi connectivity index (χ2n) is 3.60. The summed E-state index contributed by atoms with van der Waals surface area (Å²) in [6.45, 7) is 2.02. The Morgan fingerprint density at radius 2 is 1.94 bits per heavy atom. The minimum Gasteiger partial charge on any atom is -0.112 e. The van der Waals surface area contributed by atoms with Crippen LogP contribution in [0.1, 0.15) is 22.1 Å². The summed E-state index contributed by atoms with van der Waals surface area (Å²) in [6, 6.07) is 7.78. The van der Waals surface area contributed by atoms with Gasteiger partial charge in [0.25, 0.3) is 0 Å². The van der Waals surface area contributed by atoms with Crippen LogP contribution < -0.4 is 0 Å². The molecule has 17 heavy (non-hydrogen) atoms. The van der Waals surface area contributed by atoms with Crippen LogP contribution in [0.4, 0.5) is 0 Å². The lowest BCUT2D eigenvalue weighted by Gasteiger charge is -2.13. The molecule has 0 amide bonds. The molecule has 0 aliphatic carbocycles. The van der Waals surface area contributed by atoms with Gasteiger partial charge in [-0.05, 0) is 30.2 Å². The first kappa shape index (κ1) is 13.7. The fourth-order valence-corrected chi connectivity index (χ4v) is 4.03. The van der Waals surface area contributed by atoms with Gasteiger partial charge in [0.2, 0.25) is 0 Å². The van der Waals surface area contributed by atoms with E-state index < -0.39 is 0 Å². The van der Waals surface area contributed by atoms with Gasteiger partial charge in [0.15, 0.2) is 0 Å². The van der Waals surface area contributed by atoms with Crippen LogP contribution in [-0.2, 0) is 0 Å². The number of halogens is 4. The van der Waals surface area contributed by atoms with Crippen LogP contribution in [0.2, 0.25) is 8.67 Å². The molecule has 0 bridgehead atoms. The van der Waals surface area contributed by atoms with Crippen LogP contribution in [-0.4, -0.2) is 0 Å². The van der Waals surface area contributed by atoms with Gasteiger partial charge in [-0.2, -0.15) is 0 Å². The molecular formula is C12H8BrCl3S. The van der Waals surface area contributed by atoms with Crippen LogP contribution in [0.15, 0.2) is 28.7 Å². The number of alkyl halides is 1. The Kier molecular flexibility index (Phi) is 4.43. The Morgan fingerprint density at radius 3 is 2.53 bits per heavy atom. The number of hydrogen-bond donors (Lipinski definition) is 0. The molecule has 1 unspecified atom stereocenters. The molecule has 90 valence electrons. The molecule has 0 aliphatic rings. The van der Waals surface area contributed by atoms with Gasteiger partial charge in [-0.1, -0.05) is 51.3 Å². The topological polar surface area (TPSA) is 0 Å². The minimum atomic E-state index is -0.274. The van der Waals surface area contributed by atoms with Gasteiger partial charge >= 0.3 is 0 Å². The number of benzene rings is 1. The second-order valence-corrected chi connectivity index (χ2v) is 7.17. The molecule has 5 heteroatoms. The van der Waals surface area contributed by atoms with Gasteiger partial charge in [0.1, 0.15) is 0 Å². The third kappa shape index (κ3) is 2.82. The van der Waals surface area contributed by atoms with Gasteiger partial charge in [-0.25, -0.2) is 0 Å². The number of thiophene rings is 1. The molecule has 1 heterocycles.